The van der Waals surface area contributed by atoms with Gasteiger partial charge in [0.1, 0.15) is 0 Å². The average molecular weight is 188 g/mol. The Labute approximate surface area is 78.9 Å². The van der Waals surface area contributed by atoms with Crippen molar-refractivity contribution >= 4 is 9.12 Å². The molecule has 0 heterocycles. The molecule has 2 nitrogen and oxygen atoms in total. The molecule has 0 radical (unpaired) electrons. The largest absolute Gasteiger partial charge is 0.328 e. The van der Waals surface area contributed by atoms with Crippen molar-refractivity contribution in [3.8, 4) is 0 Å². The first kappa shape index (κ1) is 12.1. The third-order valence-electron chi connectivity index (χ3n) is 1.72. The minimum absolute atomic E-state index is 0.460. The second kappa shape index (κ2) is 5.73. The van der Waals surface area contributed by atoms with E-state index < -0.39 is 9.12 Å². The highest BCUT2D eigenvalue weighted by Crippen LogP contribution is 2.19. The molecule has 0 aliphatic rings. The number of hydrogen-bond acceptors (Lipinski definition) is 2. The van der Waals surface area contributed by atoms with Gasteiger partial charge in [0.05, 0.1) is 0 Å². The van der Waals surface area contributed by atoms with E-state index in [4.69, 9.17) is 0 Å². The molecule has 0 aromatic rings. The standard InChI is InChI=1S/C9H24N2Si/c1-6-10-12(11-7-2)8-9(3,4)5/h10-12H,6-8H2,1-5H3. The second-order valence-electron chi connectivity index (χ2n) is 4.43. The van der Waals surface area contributed by atoms with Crippen LogP contribution in [0.15, 0.2) is 0 Å². The van der Waals surface area contributed by atoms with E-state index in [-0.39, 0.29) is 0 Å². The molecule has 3 heteroatoms. The maximum absolute atomic E-state index is 3.57. The van der Waals surface area contributed by atoms with E-state index >= 15 is 0 Å². The van der Waals surface area contributed by atoms with E-state index in [2.05, 4.69) is 44.6 Å². The SMILES string of the molecule is CCN[SiH](CC(C)(C)C)NCC. The lowest BCUT2D eigenvalue weighted by Gasteiger charge is -2.25. The molecule has 0 bridgehead atoms. The zero-order valence-corrected chi connectivity index (χ0v) is 10.4. The maximum Gasteiger partial charge on any atom is 0.185 e. The highest BCUT2D eigenvalue weighted by atomic mass is 28.3. The lowest BCUT2D eigenvalue weighted by molar-refractivity contribution is 0.458. The molecule has 0 aliphatic carbocycles. The van der Waals surface area contributed by atoms with Crippen LogP contribution >= 0.6 is 0 Å². The average Bonchev–Trinajstić information content (AvgIpc) is 1.84. The third kappa shape index (κ3) is 6.82. The molecule has 2 N–H and O–H groups in total. The summed E-state index contributed by atoms with van der Waals surface area (Å²) in [6.07, 6.45) is 0. The van der Waals surface area contributed by atoms with E-state index in [1.807, 2.05) is 0 Å². The number of rotatable bonds is 5. The molecule has 0 fully saturated rings. The monoisotopic (exact) mass is 188 g/mol. The van der Waals surface area contributed by atoms with Gasteiger partial charge in [0.15, 0.2) is 9.12 Å². The molecule has 0 unspecified atom stereocenters. The van der Waals surface area contributed by atoms with Gasteiger partial charge in [0.25, 0.3) is 0 Å². The van der Waals surface area contributed by atoms with Gasteiger partial charge < -0.3 is 9.96 Å². The Morgan fingerprint density at radius 1 is 1.00 bits per heavy atom. The lowest BCUT2D eigenvalue weighted by atomic mass is 10.0. The first-order chi connectivity index (χ1) is 5.49. The summed E-state index contributed by atoms with van der Waals surface area (Å²) in [5, 5.41) is 0. The van der Waals surface area contributed by atoms with Crippen molar-refractivity contribution in [1.29, 1.82) is 0 Å². The zero-order chi connectivity index (χ0) is 9.61. The van der Waals surface area contributed by atoms with Crippen molar-refractivity contribution in [2.24, 2.45) is 5.41 Å². The van der Waals surface area contributed by atoms with Crippen molar-refractivity contribution in [2.75, 3.05) is 13.1 Å². The van der Waals surface area contributed by atoms with Gasteiger partial charge in [-0.2, -0.15) is 0 Å². The molecule has 0 atom stereocenters. The lowest BCUT2D eigenvalue weighted by Crippen LogP contribution is -2.49. The van der Waals surface area contributed by atoms with Gasteiger partial charge >= 0.3 is 0 Å². The predicted molar refractivity (Wildman–Crippen MR) is 58.8 cm³/mol. The molecule has 0 amide bonds. The van der Waals surface area contributed by atoms with Crippen molar-refractivity contribution in [3.05, 3.63) is 0 Å². The van der Waals surface area contributed by atoms with Gasteiger partial charge in [0, 0.05) is 0 Å². The summed E-state index contributed by atoms with van der Waals surface area (Å²) in [5.41, 5.74) is 0.460. The van der Waals surface area contributed by atoms with E-state index in [0.717, 1.165) is 13.1 Å². The minimum atomic E-state index is -0.859. The van der Waals surface area contributed by atoms with Gasteiger partial charge in [-0.05, 0) is 24.5 Å². The van der Waals surface area contributed by atoms with Crippen LogP contribution in [0.5, 0.6) is 0 Å². The smallest absolute Gasteiger partial charge is 0.185 e. The number of nitrogens with one attached hydrogen (secondary N) is 2. The van der Waals surface area contributed by atoms with Crippen LogP contribution in [0.4, 0.5) is 0 Å². The molecule has 0 rings (SSSR count). The first-order valence-electron chi connectivity index (χ1n) is 4.96. The summed E-state index contributed by atoms with van der Waals surface area (Å²) in [7, 11) is -0.859. The second-order valence-corrected chi connectivity index (χ2v) is 6.76. The zero-order valence-electron chi connectivity index (χ0n) is 9.20. The molecule has 74 valence electrons. The van der Waals surface area contributed by atoms with Crippen LogP contribution in [0.3, 0.4) is 0 Å². The van der Waals surface area contributed by atoms with Crippen LogP contribution < -0.4 is 9.96 Å². The van der Waals surface area contributed by atoms with Crippen LogP contribution in [0.2, 0.25) is 6.04 Å². The Kier molecular flexibility index (Phi) is 5.79. The Balaban J connectivity index is 3.77. The normalized spacial score (nSPS) is 12.5. The number of hydrogen-bond donors (Lipinski definition) is 2. The van der Waals surface area contributed by atoms with Gasteiger partial charge in [-0.1, -0.05) is 34.6 Å². The van der Waals surface area contributed by atoms with Gasteiger partial charge in [-0.15, -0.1) is 0 Å². The highest BCUT2D eigenvalue weighted by molar-refractivity contribution is 6.53. The van der Waals surface area contributed by atoms with Crippen LogP contribution in [-0.2, 0) is 0 Å². The highest BCUT2D eigenvalue weighted by Gasteiger charge is 2.18. The molecule has 0 spiro atoms. The van der Waals surface area contributed by atoms with Crippen LogP contribution in [0.25, 0.3) is 0 Å². The summed E-state index contributed by atoms with van der Waals surface area (Å²) in [6, 6.07) is 1.31. The van der Waals surface area contributed by atoms with Crippen LogP contribution in [-0.4, -0.2) is 22.2 Å². The Morgan fingerprint density at radius 2 is 1.42 bits per heavy atom. The minimum Gasteiger partial charge on any atom is -0.328 e. The van der Waals surface area contributed by atoms with Gasteiger partial charge in [0.2, 0.25) is 0 Å². The molecular weight excluding hydrogens is 164 g/mol. The quantitative estimate of drug-likeness (QED) is 0.639. The summed E-state index contributed by atoms with van der Waals surface area (Å²) < 4.78 is 0. The summed E-state index contributed by atoms with van der Waals surface area (Å²) in [5.74, 6) is 0. The Morgan fingerprint density at radius 3 is 1.67 bits per heavy atom. The molecule has 12 heavy (non-hydrogen) atoms. The van der Waals surface area contributed by atoms with E-state index in [1.54, 1.807) is 0 Å². The fourth-order valence-corrected chi connectivity index (χ4v) is 3.97. The van der Waals surface area contributed by atoms with Crippen LogP contribution in [0, 0.1) is 5.41 Å². The summed E-state index contributed by atoms with van der Waals surface area (Å²) >= 11 is 0. The molecule has 0 aliphatic heterocycles. The summed E-state index contributed by atoms with van der Waals surface area (Å²) in [4.78, 5) is 7.14. The molecule has 0 aromatic carbocycles. The molecular formula is C9H24N2Si. The Bertz CT molecular complexity index is 104. The van der Waals surface area contributed by atoms with Crippen molar-refractivity contribution in [3.63, 3.8) is 0 Å². The predicted octanol–water partition coefficient (Wildman–Crippen LogP) is 1.47. The first-order valence-corrected chi connectivity index (χ1v) is 6.93. The molecule has 0 saturated heterocycles. The van der Waals surface area contributed by atoms with Crippen molar-refractivity contribution in [1.82, 2.24) is 9.96 Å². The maximum atomic E-state index is 3.57. The van der Waals surface area contributed by atoms with E-state index in [9.17, 15) is 0 Å². The molecule has 0 saturated carbocycles. The van der Waals surface area contributed by atoms with Crippen molar-refractivity contribution < 1.29 is 0 Å². The van der Waals surface area contributed by atoms with Crippen LogP contribution in [0.1, 0.15) is 34.6 Å². The van der Waals surface area contributed by atoms with Gasteiger partial charge in [-0.3, -0.25) is 0 Å². The van der Waals surface area contributed by atoms with E-state index in [0.29, 0.717) is 5.41 Å². The third-order valence-corrected chi connectivity index (χ3v) is 5.15. The van der Waals surface area contributed by atoms with Crippen molar-refractivity contribution in [2.45, 2.75) is 40.7 Å². The Hall–Kier alpha value is 0.137. The topological polar surface area (TPSA) is 24.1 Å². The molecule has 0 aromatic heterocycles. The fourth-order valence-electron chi connectivity index (χ4n) is 1.32. The van der Waals surface area contributed by atoms with E-state index in [1.165, 1.54) is 6.04 Å². The summed E-state index contributed by atoms with van der Waals surface area (Å²) in [6.45, 7) is 13.5. The van der Waals surface area contributed by atoms with Gasteiger partial charge in [-0.25, -0.2) is 0 Å². The fraction of sp³-hybridized carbons (Fsp3) is 1.00.